The minimum Gasteiger partial charge on any atom is -0.400 e. The van der Waals surface area contributed by atoms with E-state index in [9.17, 15) is 4.79 Å². The maximum absolute atomic E-state index is 13.0. The maximum Gasteiger partial charge on any atom is 0.234 e. The fourth-order valence-electron chi connectivity index (χ4n) is 3.64. The van der Waals surface area contributed by atoms with E-state index in [0.29, 0.717) is 0 Å². The summed E-state index contributed by atoms with van der Waals surface area (Å²) in [4.78, 5) is 20.5. The number of rotatable bonds is 2. The lowest BCUT2D eigenvalue weighted by atomic mass is 9.91. The highest BCUT2D eigenvalue weighted by Crippen LogP contribution is 2.33. The average molecular weight is 325 g/mol. The molecule has 2 N–H and O–H groups in total. The van der Waals surface area contributed by atoms with E-state index in [4.69, 9.17) is 5.11 Å². The zero-order valence-corrected chi connectivity index (χ0v) is 14.3. The van der Waals surface area contributed by atoms with Crippen molar-refractivity contribution < 1.29 is 9.90 Å². The molecule has 5 nitrogen and oxygen atoms in total. The van der Waals surface area contributed by atoms with Crippen molar-refractivity contribution in [2.24, 2.45) is 5.92 Å². The molecule has 3 heterocycles. The van der Waals surface area contributed by atoms with Gasteiger partial charge in [0.15, 0.2) is 0 Å². The Morgan fingerprint density at radius 3 is 2.75 bits per heavy atom. The fraction of sp³-hybridized carbons (Fsp3) is 0.368. The average Bonchev–Trinajstić information content (AvgIpc) is 3.15. The second-order valence-electron chi connectivity index (χ2n) is 6.18. The summed E-state index contributed by atoms with van der Waals surface area (Å²) < 4.78 is 1.95. The number of aromatic nitrogens is 3. The highest BCUT2D eigenvalue weighted by Gasteiger charge is 2.31. The number of aliphatic hydroxyl groups is 1. The number of nitrogens with zero attached hydrogens (tertiary/aromatic N) is 2. The molecule has 0 radical (unpaired) electrons. The summed E-state index contributed by atoms with van der Waals surface area (Å²) in [6.45, 7) is 4.13. The van der Waals surface area contributed by atoms with Gasteiger partial charge in [-0.2, -0.15) is 0 Å². The first kappa shape index (κ1) is 16.5. The Hall–Kier alpha value is -2.40. The van der Waals surface area contributed by atoms with Crippen LogP contribution < -0.4 is 0 Å². The van der Waals surface area contributed by atoms with Gasteiger partial charge in [-0.15, -0.1) is 0 Å². The van der Waals surface area contributed by atoms with Gasteiger partial charge in [-0.05, 0) is 38.3 Å². The Labute approximate surface area is 141 Å². The molecular weight excluding hydrogens is 302 g/mol. The third kappa shape index (κ3) is 2.55. The number of carbonyl (C=O) groups is 1. The van der Waals surface area contributed by atoms with Crippen LogP contribution in [0.25, 0.3) is 10.9 Å². The fourth-order valence-corrected chi connectivity index (χ4v) is 3.64. The molecular formula is C19H23N3O2. The normalized spacial score (nSPS) is 16.7. The van der Waals surface area contributed by atoms with Gasteiger partial charge in [0.1, 0.15) is 0 Å². The topological polar surface area (TPSA) is 70.9 Å². The van der Waals surface area contributed by atoms with Gasteiger partial charge in [0.05, 0.1) is 17.5 Å². The largest absolute Gasteiger partial charge is 0.400 e. The molecule has 3 aromatic rings. The van der Waals surface area contributed by atoms with E-state index in [1.165, 1.54) is 16.6 Å². The summed E-state index contributed by atoms with van der Waals surface area (Å²) in [5.41, 5.74) is 5.55. The Morgan fingerprint density at radius 2 is 2.04 bits per heavy atom. The molecule has 1 atom stereocenters. The molecule has 1 aliphatic heterocycles. The van der Waals surface area contributed by atoms with E-state index in [1.54, 1.807) is 6.33 Å². The number of benzene rings is 1. The van der Waals surface area contributed by atoms with Gasteiger partial charge in [0.25, 0.3) is 0 Å². The van der Waals surface area contributed by atoms with E-state index >= 15 is 0 Å². The summed E-state index contributed by atoms with van der Waals surface area (Å²) in [6, 6.07) is 8.20. The van der Waals surface area contributed by atoms with Crippen LogP contribution >= 0.6 is 0 Å². The smallest absolute Gasteiger partial charge is 0.234 e. The van der Waals surface area contributed by atoms with Crippen LogP contribution in [-0.2, 0) is 12.8 Å². The van der Waals surface area contributed by atoms with Gasteiger partial charge in [-0.25, -0.2) is 4.98 Å². The molecule has 0 saturated carbocycles. The van der Waals surface area contributed by atoms with Crippen molar-refractivity contribution in [3.63, 3.8) is 0 Å². The minimum absolute atomic E-state index is 0.0182. The number of carbonyl (C=O) groups excluding carboxylic acids is 1. The Balaban J connectivity index is 0.000000815. The Bertz CT molecular complexity index is 876. The van der Waals surface area contributed by atoms with E-state index in [1.807, 2.05) is 29.7 Å². The SMILES string of the molecule is CO.Cc1[nH]cnc1CC1CCc2c(C)c3ccccc3n2C1=O. The molecule has 24 heavy (non-hydrogen) atoms. The third-order valence-electron chi connectivity index (χ3n) is 4.93. The zero-order valence-electron chi connectivity index (χ0n) is 14.3. The molecule has 1 aromatic carbocycles. The number of aryl methyl sites for hydroxylation is 2. The number of hydrogen-bond donors (Lipinski definition) is 2. The van der Waals surface area contributed by atoms with Crippen molar-refractivity contribution in [2.75, 3.05) is 7.11 Å². The van der Waals surface area contributed by atoms with Crippen molar-refractivity contribution in [3.05, 3.63) is 53.2 Å². The van der Waals surface area contributed by atoms with Gasteiger partial charge >= 0.3 is 0 Å². The summed E-state index contributed by atoms with van der Waals surface area (Å²) in [5, 5.41) is 8.20. The van der Waals surface area contributed by atoms with Gasteiger partial charge in [0, 0.05) is 36.2 Å². The third-order valence-corrected chi connectivity index (χ3v) is 4.93. The molecule has 126 valence electrons. The molecule has 0 fully saturated rings. The van der Waals surface area contributed by atoms with Crippen molar-refractivity contribution >= 4 is 16.8 Å². The van der Waals surface area contributed by atoms with E-state index in [-0.39, 0.29) is 11.8 Å². The first-order valence-corrected chi connectivity index (χ1v) is 8.23. The van der Waals surface area contributed by atoms with Crippen LogP contribution in [0.1, 0.15) is 33.9 Å². The molecule has 0 saturated heterocycles. The molecule has 1 unspecified atom stereocenters. The van der Waals surface area contributed by atoms with Crippen LogP contribution in [0.15, 0.2) is 30.6 Å². The summed E-state index contributed by atoms with van der Waals surface area (Å²) in [5.74, 6) is 0.234. The van der Waals surface area contributed by atoms with Crippen LogP contribution in [0.4, 0.5) is 0 Å². The van der Waals surface area contributed by atoms with Gasteiger partial charge in [-0.3, -0.25) is 9.36 Å². The van der Waals surface area contributed by atoms with Gasteiger partial charge < -0.3 is 10.1 Å². The second kappa shape index (κ2) is 6.61. The predicted octanol–water partition coefficient (Wildman–Crippen LogP) is 3.04. The Kier molecular flexibility index (Phi) is 4.53. The van der Waals surface area contributed by atoms with Gasteiger partial charge in [-0.1, -0.05) is 18.2 Å². The quantitative estimate of drug-likeness (QED) is 0.761. The first-order chi connectivity index (χ1) is 11.7. The highest BCUT2D eigenvalue weighted by atomic mass is 16.2. The summed E-state index contributed by atoms with van der Waals surface area (Å²) >= 11 is 0. The zero-order chi connectivity index (χ0) is 17.3. The van der Waals surface area contributed by atoms with Crippen molar-refractivity contribution in [3.8, 4) is 0 Å². The lowest BCUT2D eigenvalue weighted by molar-refractivity contribution is 0.0808. The molecule has 1 aliphatic rings. The molecule has 0 bridgehead atoms. The van der Waals surface area contributed by atoms with Crippen LogP contribution in [0.5, 0.6) is 0 Å². The number of aromatic amines is 1. The van der Waals surface area contributed by atoms with Crippen LogP contribution in [0.2, 0.25) is 0 Å². The molecule has 5 heteroatoms. The predicted molar refractivity (Wildman–Crippen MR) is 94.3 cm³/mol. The number of aliphatic hydroxyl groups excluding tert-OH is 1. The number of hydrogen-bond acceptors (Lipinski definition) is 3. The molecule has 0 spiro atoms. The molecule has 0 amide bonds. The monoisotopic (exact) mass is 325 g/mol. The number of nitrogens with one attached hydrogen (secondary N) is 1. The van der Waals surface area contributed by atoms with Crippen molar-refractivity contribution in [1.29, 1.82) is 0 Å². The first-order valence-electron chi connectivity index (χ1n) is 8.23. The Morgan fingerprint density at radius 1 is 1.29 bits per heavy atom. The standard InChI is InChI=1S/C18H19N3O.CH4O/c1-11-14-5-3-4-6-17(14)21-16(11)8-7-13(18(21)22)9-15-12(2)19-10-20-15;1-2/h3-6,10,13H,7-9H2,1-2H3,(H,19,20);2H,1H3. The maximum atomic E-state index is 13.0. The van der Waals surface area contributed by atoms with Crippen LogP contribution in [-0.4, -0.2) is 32.7 Å². The molecule has 0 aliphatic carbocycles. The summed E-state index contributed by atoms with van der Waals surface area (Å²) in [7, 11) is 1.00. The van der Waals surface area contributed by atoms with Crippen molar-refractivity contribution in [2.45, 2.75) is 33.1 Å². The van der Waals surface area contributed by atoms with E-state index < -0.39 is 0 Å². The molecule has 2 aromatic heterocycles. The lowest BCUT2D eigenvalue weighted by Crippen LogP contribution is -2.30. The lowest BCUT2D eigenvalue weighted by Gasteiger charge is -2.23. The van der Waals surface area contributed by atoms with Gasteiger partial charge in [0.2, 0.25) is 5.91 Å². The van der Waals surface area contributed by atoms with Crippen molar-refractivity contribution in [1.82, 2.24) is 14.5 Å². The number of imidazole rings is 1. The van der Waals surface area contributed by atoms with E-state index in [2.05, 4.69) is 23.0 Å². The number of para-hydroxylation sites is 1. The van der Waals surface area contributed by atoms with Crippen LogP contribution in [0, 0.1) is 19.8 Å². The van der Waals surface area contributed by atoms with Crippen LogP contribution in [0.3, 0.4) is 0 Å². The minimum atomic E-state index is 0.0182. The highest BCUT2D eigenvalue weighted by molar-refractivity contribution is 5.97. The van der Waals surface area contributed by atoms with E-state index in [0.717, 1.165) is 43.3 Å². The summed E-state index contributed by atoms with van der Waals surface area (Å²) in [6.07, 6.45) is 4.29. The molecule has 4 rings (SSSR count). The number of fused-ring (bicyclic) bond motifs is 3. The number of H-pyrrole nitrogens is 1. The second-order valence-corrected chi connectivity index (χ2v) is 6.18.